The van der Waals surface area contributed by atoms with Gasteiger partial charge >= 0.3 is 0 Å². The maximum absolute atomic E-state index is 13.3. The maximum Gasteiger partial charge on any atom is 0.263 e. The number of rotatable bonds is 5. The van der Waals surface area contributed by atoms with Gasteiger partial charge < -0.3 is 15.0 Å². The van der Waals surface area contributed by atoms with Crippen LogP contribution in [-0.4, -0.2) is 25.1 Å². The molecule has 1 saturated heterocycles. The van der Waals surface area contributed by atoms with Crippen LogP contribution in [0.5, 0.6) is 11.5 Å². The van der Waals surface area contributed by atoms with Crippen LogP contribution in [0.3, 0.4) is 0 Å². The zero-order valence-electron chi connectivity index (χ0n) is 17.1. The zero-order valence-corrected chi connectivity index (χ0v) is 17.9. The first-order valence-electron chi connectivity index (χ1n) is 9.66. The molecule has 1 aliphatic heterocycles. The summed E-state index contributed by atoms with van der Waals surface area (Å²) in [4.78, 5) is 16.8. The van der Waals surface area contributed by atoms with Crippen LogP contribution in [0.25, 0.3) is 0 Å². The number of hydrogen-bond donors (Lipinski definition) is 1. The monoisotopic (exact) mass is 417 g/mol. The van der Waals surface area contributed by atoms with Crippen molar-refractivity contribution in [1.82, 2.24) is 5.32 Å². The van der Waals surface area contributed by atoms with Gasteiger partial charge in [0.2, 0.25) is 0 Å². The first-order chi connectivity index (χ1) is 14.4. The van der Waals surface area contributed by atoms with Crippen LogP contribution in [0.4, 0.5) is 11.4 Å². The molecule has 1 aliphatic rings. The average molecular weight is 418 g/mol. The van der Waals surface area contributed by atoms with Gasteiger partial charge in [-0.3, -0.25) is 9.69 Å². The molecular formula is C24H23N3O2S. The lowest BCUT2D eigenvalue weighted by molar-refractivity contribution is -0.121. The van der Waals surface area contributed by atoms with E-state index in [-0.39, 0.29) is 5.91 Å². The molecule has 1 N–H and O–H groups in total. The minimum Gasteiger partial charge on any atom is -0.457 e. The number of para-hydroxylation sites is 1. The third-order valence-electron chi connectivity index (χ3n) is 5.21. The predicted molar refractivity (Wildman–Crippen MR) is 124 cm³/mol. The Morgan fingerprint density at radius 3 is 2.30 bits per heavy atom. The summed E-state index contributed by atoms with van der Waals surface area (Å²) in [6, 6.07) is 24.8. The summed E-state index contributed by atoms with van der Waals surface area (Å²) in [5.74, 6) is 1.35. The minimum absolute atomic E-state index is 0.106. The van der Waals surface area contributed by atoms with E-state index < -0.39 is 5.54 Å². The van der Waals surface area contributed by atoms with Crippen LogP contribution >= 0.6 is 12.2 Å². The molecule has 3 aromatic rings. The third kappa shape index (κ3) is 3.62. The fourth-order valence-electron chi connectivity index (χ4n) is 3.46. The van der Waals surface area contributed by atoms with Crippen molar-refractivity contribution in [2.45, 2.75) is 12.5 Å². The summed E-state index contributed by atoms with van der Waals surface area (Å²) >= 11 is 5.46. The molecular weight excluding hydrogens is 394 g/mol. The van der Waals surface area contributed by atoms with Gasteiger partial charge in [0.15, 0.2) is 5.11 Å². The van der Waals surface area contributed by atoms with E-state index in [4.69, 9.17) is 17.0 Å². The van der Waals surface area contributed by atoms with Gasteiger partial charge in [0.05, 0.1) is 5.69 Å². The first kappa shape index (κ1) is 19.9. The Bertz CT molecular complexity index is 1080. The molecule has 1 heterocycles. The maximum atomic E-state index is 13.3. The van der Waals surface area contributed by atoms with Crippen molar-refractivity contribution < 1.29 is 9.53 Å². The smallest absolute Gasteiger partial charge is 0.263 e. The second-order valence-corrected chi connectivity index (χ2v) is 7.94. The Morgan fingerprint density at radius 1 is 0.933 bits per heavy atom. The highest BCUT2D eigenvalue weighted by atomic mass is 32.1. The van der Waals surface area contributed by atoms with Gasteiger partial charge in [-0.15, -0.1) is 0 Å². The first-order valence-corrected chi connectivity index (χ1v) is 10.1. The molecule has 0 saturated carbocycles. The molecule has 0 radical (unpaired) electrons. The fourth-order valence-corrected chi connectivity index (χ4v) is 3.86. The molecule has 1 unspecified atom stereocenters. The summed E-state index contributed by atoms with van der Waals surface area (Å²) in [5.41, 5.74) is 1.70. The molecule has 1 fully saturated rings. The Hall–Kier alpha value is -3.38. The molecule has 3 aromatic carbocycles. The van der Waals surface area contributed by atoms with E-state index in [1.807, 2.05) is 105 Å². The average Bonchev–Trinajstić information content (AvgIpc) is 2.98. The number of nitrogens with one attached hydrogen (secondary N) is 1. The molecule has 0 aliphatic carbocycles. The minimum atomic E-state index is -0.934. The number of carbonyl (C=O) groups is 1. The van der Waals surface area contributed by atoms with Gasteiger partial charge in [-0.2, -0.15) is 0 Å². The number of thiocarbonyl (C=S) groups is 1. The van der Waals surface area contributed by atoms with Gasteiger partial charge in [0, 0.05) is 25.8 Å². The lowest BCUT2D eigenvalue weighted by atomic mass is 9.92. The van der Waals surface area contributed by atoms with Crippen LogP contribution in [0.1, 0.15) is 12.5 Å². The Kier molecular flexibility index (Phi) is 5.18. The van der Waals surface area contributed by atoms with E-state index in [9.17, 15) is 4.79 Å². The summed E-state index contributed by atoms with van der Waals surface area (Å²) in [6.07, 6.45) is 0. The molecule has 0 spiro atoms. The second kappa shape index (κ2) is 7.80. The number of amides is 1. The van der Waals surface area contributed by atoms with Crippen molar-refractivity contribution in [3.8, 4) is 11.5 Å². The molecule has 5 nitrogen and oxygen atoms in total. The normalized spacial score (nSPS) is 18.3. The number of anilines is 2. The Labute approximate surface area is 181 Å². The van der Waals surface area contributed by atoms with E-state index in [0.29, 0.717) is 10.9 Å². The topological polar surface area (TPSA) is 44.8 Å². The largest absolute Gasteiger partial charge is 0.457 e. The van der Waals surface area contributed by atoms with E-state index in [0.717, 1.165) is 22.7 Å². The summed E-state index contributed by atoms with van der Waals surface area (Å²) in [5, 5.41) is 3.59. The molecule has 1 amide bonds. The van der Waals surface area contributed by atoms with Gasteiger partial charge in [-0.1, -0.05) is 36.4 Å². The summed E-state index contributed by atoms with van der Waals surface area (Å²) < 4.78 is 5.99. The zero-order chi connectivity index (χ0) is 21.3. The molecule has 152 valence electrons. The van der Waals surface area contributed by atoms with E-state index >= 15 is 0 Å². The molecule has 30 heavy (non-hydrogen) atoms. The van der Waals surface area contributed by atoms with Crippen LogP contribution in [0.15, 0.2) is 78.9 Å². The van der Waals surface area contributed by atoms with E-state index in [1.54, 1.807) is 4.90 Å². The molecule has 0 bridgehead atoms. The Balaban J connectivity index is 1.56. The predicted octanol–water partition coefficient (Wildman–Crippen LogP) is 4.68. The van der Waals surface area contributed by atoms with Gasteiger partial charge in [-0.05, 0) is 61.1 Å². The second-order valence-electron chi connectivity index (χ2n) is 7.55. The lowest BCUT2D eigenvalue weighted by Crippen LogP contribution is -2.40. The molecule has 0 aromatic heterocycles. The van der Waals surface area contributed by atoms with Crippen LogP contribution in [0.2, 0.25) is 0 Å². The highest BCUT2D eigenvalue weighted by Gasteiger charge is 2.47. The highest BCUT2D eigenvalue weighted by Crippen LogP contribution is 2.34. The third-order valence-corrected chi connectivity index (χ3v) is 5.49. The number of hydrogen-bond acceptors (Lipinski definition) is 4. The number of nitrogens with zero attached hydrogens (tertiary/aromatic N) is 2. The van der Waals surface area contributed by atoms with Crippen molar-refractivity contribution in [2.24, 2.45) is 0 Å². The Morgan fingerprint density at radius 2 is 1.63 bits per heavy atom. The van der Waals surface area contributed by atoms with Crippen molar-refractivity contribution in [3.05, 3.63) is 84.4 Å². The van der Waals surface area contributed by atoms with Crippen molar-refractivity contribution in [1.29, 1.82) is 0 Å². The summed E-state index contributed by atoms with van der Waals surface area (Å²) in [7, 11) is 3.98. The van der Waals surface area contributed by atoms with Gasteiger partial charge in [0.25, 0.3) is 5.91 Å². The lowest BCUT2D eigenvalue weighted by Gasteiger charge is -2.23. The number of benzene rings is 3. The van der Waals surface area contributed by atoms with Gasteiger partial charge in [-0.25, -0.2) is 0 Å². The van der Waals surface area contributed by atoms with Crippen molar-refractivity contribution in [2.75, 3.05) is 23.9 Å². The van der Waals surface area contributed by atoms with Crippen LogP contribution in [0, 0.1) is 0 Å². The van der Waals surface area contributed by atoms with Gasteiger partial charge in [0.1, 0.15) is 17.0 Å². The fraction of sp³-hybridized carbons (Fsp3) is 0.167. The SMILES string of the molecule is CN(C)c1cccc(Oc2ccc(C3(C)NC(=S)N(c4ccccc4)C3=O)cc2)c1. The van der Waals surface area contributed by atoms with E-state index in [1.165, 1.54) is 0 Å². The molecule has 1 atom stereocenters. The number of carbonyl (C=O) groups excluding carboxylic acids is 1. The van der Waals surface area contributed by atoms with Crippen LogP contribution in [-0.2, 0) is 10.3 Å². The molecule has 6 heteroatoms. The highest BCUT2D eigenvalue weighted by molar-refractivity contribution is 7.80. The quantitative estimate of drug-likeness (QED) is 0.611. The summed E-state index contributed by atoms with van der Waals surface area (Å²) in [6.45, 7) is 1.85. The van der Waals surface area contributed by atoms with E-state index in [2.05, 4.69) is 5.32 Å². The van der Waals surface area contributed by atoms with Crippen molar-refractivity contribution in [3.63, 3.8) is 0 Å². The number of ether oxygens (including phenoxy) is 1. The standard InChI is InChI=1S/C24H23N3O2S/c1-24(22(28)27(23(30)25-24)18-8-5-4-6-9-18)17-12-14-20(15-13-17)29-21-11-7-10-19(16-21)26(2)3/h4-16H,1-3H3,(H,25,30). The molecule has 4 rings (SSSR count). The van der Waals surface area contributed by atoms with Crippen LogP contribution < -0.4 is 19.9 Å². The van der Waals surface area contributed by atoms with Crippen molar-refractivity contribution >= 4 is 34.6 Å².